The third kappa shape index (κ3) is 5.47. The Morgan fingerprint density at radius 1 is 1.11 bits per heavy atom. The second-order valence-corrected chi connectivity index (χ2v) is 7.77. The van der Waals surface area contributed by atoms with E-state index >= 15 is 0 Å². The number of sulfonamides is 1. The van der Waals surface area contributed by atoms with Crippen molar-refractivity contribution >= 4 is 39.1 Å². The van der Waals surface area contributed by atoms with Crippen molar-refractivity contribution in [2.24, 2.45) is 0 Å². The minimum Gasteiger partial charge on any atom is -0.456 e. The molecule has 0 radical (unpaired) electrons. The molecule has 0 spiro atoms. The van der Waals surface area contributed by atoms with Crippen LogP contribution in [0.2, 0.25) is 10.0 Å². The lowest BCUT2D eigenvalue weighted by Crippen LogP contribution is -2.30. The van der Waals surface area contributed by atoms with E-state index in [1.165, 1.54) is 0 Å². The average molecular weight is 446 g/mol. The number of hydrogen-bond donors (Lipinski definition) is 1. The number of amides is 1. The zero-order chi connectivity index (χ0) is 20.6. The average Bonchev–Trinajstić information content (AvgIpc) is 2.49. The van der Waals surface area contributed by atoms with Crippen molar-refractivity contribution in [3.63, 3.8) is 0 Å². The molecule has 0 atom stereocenters. The molecule has 0 bridgehead atoms. The van der Waals surface area contributed by atoms with Gasteiger partial charge in [-0.05, 0) is 24.3 Å². The van der Waals surface area contributed by atoms with E-state index in [2.05, 4.69) is 0 Å². The maximum absolute atomic E-state index is 14.1. The number of carbonyl (C=O) groups excluding carboxylic acids is 1. The van der Waals surface area contributed by atoms with E-state index in [1.54, 1.807) is 4.72 Å². The minimum absolute atomic E-state index is 0.332. The SMILES string of the molecule is CS(=O)(=O)NC(=O)c1cc(Cl)c(Oc2ccc(Cl)c(C(F)(F)F)c2)cc1F. The second-order valence-electron chi connectivity index (χ2n) is 5.21. The Kier molecular flexibility index (Phi) is 5.93. The zero-order valence-corrected chi connectivity index (χ0v) is 15.5. The fourth-order valence-electron chi connectivity index (χ4n) is 1.92. The van der Waals surface area contributed by atoms with E-state index < -0.39 is 44.1 Å². The lowest BCUT2D eigenvalue weighted by molar-refractivity contribution is -0.137. The van der Waals surface area contributed by atoms with Crippen molar-refractivity contribution in [3.05, 3.63) is 57.3 Å². The number of hydrogen-bond acceptors (Lipinski definition) is 4. The van der Waals surface area contributed by atoms with Crippen molar-refractivity contribution in [1.29, 1.82) is 0 Å². The molecule has 2 rings (SSSR count). The van der Waals surface area contributed by atoms with Gasteiger partial charge >= 0.3 is 6.18 Å². The van der Waals surface area contributed by atoms with Crippen LogP contribution in [0.15, 0.2) is 30.3 Å². The Labute approximate surface area is 160 Å². The molecule has 0 unspecified atom stereocenters. The molecule has 0 saturated heterocycles. The number of ether oxygens (including phenoxy) is 1. The van der Waals surface area contributed by atoms with Crippen molar-refractivity contribution in [2.45, 2.75) is 6.18 Å². The van der Waals surface area contributed by atoms with Crippen molar-refractivity contribution in [3.8, 4) is 11.5 Å². The van der Waals surface area contributed by atoms with E-state index in [0.29, 0.717) is 18.4 Å². The fourth-order valence-corrected chi connectivity index (χ4v) is 2.79. The third-order valence-electron chi connectivity index (χ3n) is 3.02. The van der Waals surface area contributed by atoms with Crippen LogP contribution in [0.3, 0.4) is 0 Å². The van der Waals surface area contributed by atoms with Crippen molar-refractivity contribution in [2.75, 3.05) is 6.26 Å². The fraction of sp³-hybridized carbons (Fsp3) is 0.133. The van der Waals surface area contributed by atoms with Crippen molar-refractivity contribution in [1.82, 2.24) is 4.72 Å². The molecule has 146 valence electrons. The predicted octanol–water partition coefficient (Wildman–Crippen LogP) is 4.63. The molecule has 0 aromatic heterocycles. The summed E-state index contributed by atoms with van der Waals surface area (Å²) in [4.78, 5) is 11.7. The van der Waals surface area contributed by atoms with Gasteiger partial charge in [0.05, 0.1) is 27.4 Å². The summed E-state index contributed by atoms with van der Waals surface area (Å²) in [5.74, 6) is -3.18. The van der Waals surface area contributed by atoms with Crippen LogP contribution in [0.1, 0.15) is 15.9 Å². The summed E-state index contributed by atoms with van der Waals surface area (Å²) in [7, 11) is -3.94. The number of carbonyl (C=O) groups is 1. The maximum atomic E-state index is 14.1. The Morgan fingerprint density at radius 3 is 2.30 bits per heavy atom. The topological polar surface area (TPSA) is 72.5 Å². The quantitative estimate of drug-likeness (QED) is 0.696. The summed E-state index contributed by atoms with van der Waals surface area (Å²) in [5, 5.41) is -0.890. The highest BCUT2D eigenvalue weighted by molar-refractivity contribution is 7.89. The molecular formula is C15H9Cl2F4NO4S. The maximum Gasteiger partial charge on any atom is 0.417 e. The van der Waals surface area contributed by atoms with E-state index in [9.17, 15) is 30.8 Å². The highest BCUT2D eigenvalue weighted by Gasteiger charge is 2.33. The molecular weight excluding hydrogens is 437 g/mol. The number of nitrogens with one attached hydrogen (secondary N) is 1. The highest BCUT2D eigenvalue weighted by Crippen LogP contribution is 2.39. The lowest BCUT2D eigenvalue weighted by Gasteiger charge is -2.13. The summed E-state index contributed by atoms with van der Waals surface area (Å²) in [6, 6.07) is 4.07. The van der Waals surface area contributed by atoms with Gasteiger partial charge in [-0.15, -0.1) is 0 Å². The van der Waals surface area contributed by atoms with Gasteiger partial charge in [0.2, 0.25) is 10.0 Å². The standard InChI is InChI=1S/C15H9Cl2F4NO4S/c1-27(24,25)22-14(23)8-5-11(17)13(6-12(8)18)26-7-2-3-10(16)9(4-7)15(19,20)21/h2-6H,1H3,(H,22,23). The van der Waals surface area contributed by atoms with Crippen LogP contribution in [0, 0.1) is 5.82 Å². The summed E-state index contributed by atoms with van der Waals surface area (Å²) >= 11 is 11.4. The molecule has 12 heteroatoms. The molecule has 5 nitrogen and oxygen atoms in total. The van der Waals surface area contributed by atoms with Gasteiger partial charge in [0.25, 0.3) is 5.91 Å². The van der Waals surface area contributed by atoms with Gasteiger partial charge in [-0.1, -0.05) is 23.2 Å². The summed E-state index contributed by atoms with van der Waals surface area (Å²) in [6.07, 6.45) is -4.04. The molecule has 1 amide bonds. The minimum atomic E-state index is -4.74. The van der Waals surface area contributed by atoms with Crippen LogP contribution < -0.4 is 9.46 Å². The number of rotatable bonds is 4. The molecule has 0 aliphatic heterocycles. The Balaban J connectivity index is 2.36. The summed E-state index contributed by atoms with van der Waals surface area (Å²) in [6.45, 7) is 0. The number of halogens is 6. The van der Waals surface area contributed by atoms with E-state index in [0.717, 1.165) is 18.2 Å². The molecule has 2 aromatic rings. The molecule has 0 heterocycles. The van der Waals surface area contributed by atoms with Gasteiger partial charge in [0.15, 0.2) is 0 Å². The molecule has 0 aliphatic rings. The first-order valence-electron chi connectivity index (χ1n) is 6.83. The largest absolute Gasteiger partial charge is 0.456 e. The summed E-state index contributed by atoms with van der Waals surface area (Å²) < 4.78 is 81.5. The van der Waals surface area contributed by atoms with Crippen LogP contribution in [0.25, 0.3) is 0 Å². The molecule has 2 aromatic carbocycles. The van der Waals surface area contributed by atoms with Gasteiger partial charge in [0, 0.05) is 6.07 Å². The van der Waals surface area contributed by atoms with Crippen LogP contribution in [0.4, 0.5) is 17.6 Å². The van der Waals surface area contributed by atoms with E-state index in [4.69, 9.17) is 27.9 Å². The lowest BCUT2D eigenvalue weighted by atomic mass is 10.2. The van der Waals surface area contributed by atoms with E-state index in [1.807, 2.05) is 0 Å². The van der Waals surface area contributed by atoms with Crippen LogP contribution in [-0.4, -0.2) is 20.6 Å². The Bertz CT molecular complexity index is 1010. The van der Waals surface area contributed by atoms with Gasteiger partial charge in [-0.3, -0.25) is 4.79 Å². The smallest absolute Gasteiger partial charge is 0.417 e. The Morgan fingerprint density at radius 2 is 1.74 bits per heavy atom. The van der Waals surface area contributed by atoms with Gasteiger partial charge < -0.3 is 4.74 Å². The number of benzene rings is 2. The van der Waals surface area contributed by atoms with Crippen LogP contribution in [0.5, 0.6) is 11.5 Å². The monoisotopic (exact) mass is 445 g/mol. The van der Waals surface area contributed by atoms with Gasteiger partial charge in [-0.2, -0.15) is 13.2 Å². The first kappa shape index (κ1) is 21.3. The van der Waals surface area contributed by atoms with E-state index in [-0.39, 0.29) is 16.5 Å². The molecule has 0 fully saturated rings. The zero-order valence-electron chi connectivity index (χ0n) is 13.2. The van der Waals surface area contributed by atoms with Crippen LogP contribution in [-0.2, 0) is 16.2 Å². The second kappa shape index (κ2) is 7.53. The number of alkyl halides is 3. The molecule has 0 saturated carbocycles. The predicted molar refractivity (Wildman–Crippen MR) is 90.2 cm³/mol. The van der Waals surface area contributed by atoms with Crippen LogP contribution >= 0.6 is 23.2 Å². The molecule has 27 heavy (non-hydrogen) atoms. The first-order chi connectivity index (χ1) is 12.3. The molecule has 0 aliphatic carbocycles. The van der Waals surface area contributed by atoms with Gasteiger partial charge in [-0.25, -0.2) is 17.5 Å². The van der Waals surface area contributed by atoms with Crippen molar-refractivity contribution < 1.29 is 35.5 Å². The van der Waals surface area contributed by atoms with Gasteiger partial charge in [0.1, 0.15) is 17.3 Å². The first-order valence-corrected chi connectivity index (χ1v) is 9.48. The summed E-state index contributed by atoms with van der Waals surface area (Å²) in [5.41, 5.74) is -1.85. The third-order valence-corrected chi connectivity index (χ3v) is 4.20. The highest BCUT2D eigenvalue weighted by atomic mass is 35.5. The Hall–Kier alpha value is -2.04. The normalized spacial score (nSPS) is 12.0. The molecule has 1 N–H and O–H groups in total.